The molecule has 5 aromatic rings. The van der Waals surface area contributed by atoms with Crippen molar-refractivity contribution in [1.82, 2.24) is 24.8 Å². The number of aryl methyl sites for hydroxylation is 1. The van der Waals surface area contributed by atoms with Crippen molar-refractivity contribution in [2.24, 2.45) is 13.0 Å². The summed E-state index contributed by atoms with van der Waals surface area (Å²) in [5.74, 6) is -1.28. The number of imidazole rings is 1. The Balaban J connectivity index is 1.26. The molecule has 2 aromatic heterocycles. The Kier molecular flexibility index (Phi) is 14.1. The van der Waals surface area contributed by atoms with E-state index in [9.17, 15) is 19.5 Å². The molecule has 3 aromatic carbocycles. The first-order chi connectivity index (χ1) is 26.4. The number of hydrogen-bond acceptors (Lipinski definition) is 7. The predicted octanol–water partition coefficient (Wildman–Crippen LogP) is 8.43. The Bertz CT molecular complexity index is 2000. The van der Waals surface area contributed by atoms with Crippen molar-refractivity contribution in [1.29, 1.82) is 0 Å². The highest BCUT2D eigenvalue weighted by Crippen LogP contribution is 2.26. The molecule has 10 heteroatoms. The molecule has 2 heterocycles. The quantitative estimate of drug-likeness (QED) is 0.0636. The van der Waals surface area contributed by atoms with Gasteiger partial charge >= 0.3 is 5.97 Å². The van der Waals surface area contributed by atoms with Crippen LogP contribution in [-0.2, 0) is 34.9 Å². The molecule has 0 aliphatic carbocycles. The molecule has 0 aliphatic heterocycles. The molecule has 0 saturated heterocycles. The van der Waals surface area contributed by atoms with Crippen molar-refractivity contribution < 1.29 is 24.2 Å². The van der Waals surface area contributed by atoms with Gasteiger partial charge in [0.2, 0.25) is 5.91 Å². The maximum atomic E-state index is 13.8. The summed E-state index contributed by atoms with van der Waals surface area (Å²) >= 11 is 0. The summed E-state index contributed by atoms with van der Waals surface area (Å²) in [5.41, 5.74) is 5.57. The predicted molar refractivity (Wildman–Crippen MR) is 215 cm³/mol. The molecule has 0 aliphatic rings. The van der Waals surface area contributed by atoms with Gasteiger partial charge < -0.3 is 19.7 Å². The number of carboxylic acid groups (broad SMARTS) is 1. The highest BCUT2D eigenvalue weighted by atomic mass is 16.5. The summed E-state index contributed by atoms with van der Waals surface area (Å²) in [6, 6.07) is 21.8. The molecular formula is C45H53N5O5. The lowest BCUT2D eigenvalue weighted by Crippen LogP contribution is -2.45. The molecule has 10 nitrogen and oxygen atoms in total. The van der Waals surface area contributed by atoms with Crippen molar-refractivity contribution in [3.05, 3.63) is 120 Å². The number of nitrogens with one attached hydrogen (secondary N) is 1. The Labute approximate surface area is 324 Å². The molecule has 0 unspecified atom stereocenters. The van der Waals surface area contributed by atoms with E-state index in [1.165, 1.54) is 25.7 Å². The van der Waals surface area contributed by atoms with E-state index in [4.69, 9.17) is 4.74 Å². The van der Waals surface area contributed by atoms with Gasteiger partial charge in [-0.15, -0.1) is 0 Å². The molecule has 0 saturated carbocycles. The number of nitrogens with zero attached hydrogens (tertiary/aromatic N) is 4. The first kappa shape index (κ1) is 40.5. The molecule has 0 spiro atoms. The van der Waals surface area contributed by atoms with Crippen LogP contribution in [0, 0.1) is 5.92 Å². The van der Waals surface area contributed by atoms with Gasteiger partial charge in [-0.05, 0) is 47.1 Å². The van der Waals surface area contributed by atoms with Crippen LogP contribution in [0.1, 0.15) is 93.4 Å². The number of ketones is 1. The molecule has 2 atom stereocenters. The third-order valence-corrected chi connectivity index (χ3v) is 9.71. The van der Waals surface area contributed by atoms with Crippen LogP contribution in [0.4, 0.5) is 0 Å². The zero-order chi connectivity index (χ0) is 39.4. The van der Waals surface area contributed by atoms with Gasteiger partial charge in [0.05, 0.1) is 18.6 Å². The van der Waals surface area contributed by atoms with E-state index >= 15 is 0 Å². The van der Waals surface area contributed by atoms with E-state index < -0.39 is 23.8 Å². The first-order valence-electron chi connectivity index (χ1n) is 19.2. The van der Waals surface area contributed by atoms with Crippen LogP contribution in [0.3, 0.4) is 0 Å². The topological polar surface area (TPSA) is 136 Å². The van der Waals surface area contributed by atoms with Crippen LogP contribution in [-0.4, -0.2) is 54.9 Å². The molecule has 1 amide bonds. The molecule has 2 N–H and O–H groups in total. The maximum Gasteiger partial charge on any atom is 0.326 e. The number of Topliss-reactive ketones (excluding diaryl/α,β-unsaturated/α-hetero) is 1. The van der Waals surface area contributed by atoms with Gasteiger partial charge in [0.15, 0.2) is 11.6 Å². The second-order valence-electron chi connectivity index (χ2n) is 15.3. The smallest absolute Gasteiger partial charge is 0.326 e. The number of aliphatic carboxylic acids is 1. The maximum absolute atomic E-state index is 13.8. The number of rotatable bonds is 19. The van der Waals surface area contributed by atoms with Crippen molar-refractivity contribution in [2.45, 2.75) is 90.5 Å². The number of carbonyl (C=O) groups is 3. The first-order valence-corrected chi connectivity index (χ1v) is 19.2. The highest BCUT2D eigenvalue weighted by Gasteiger charge is 2.29. The monoisotopic (exact) mass is 743 g/mol. The van der Waals surface area contributed by atoms with Gasteiger partial charge in [0.25, 0.3) is 0 Å². The van der Waals surface area contributed by atoms with Gasteiger partial charge in [-0.1, -0.05) is 114 Å². The van der Waals surface area contributed by atoms with E-state index in [1.807, 2.05) is 60.7 Å². The van der Waals surface area contributed by atoms with Crippen LogP contribution in [0.5, 0.6) is 5.75 Å². The van der Waals surface area contributed by atoms with Gasteiger partial charge in [-0.2, -0.15) is 0 Å². The third kappa shape index (κ3) is 11.9. The average Bonchev–Trinajstić information content (AvgIpc) is 3.60. The lowest BCUT2D eigenvalue weighted by atomic mass is 9.85. The molecular weight excluding hydrogens is 691 g/mol. The second-order valence-corrected chi connectivity index (χ2v) is 15.3. The normalized spacial score (nSPS) is 12.5. The van der Waals surface area contributed by atoms with E-state index in [0.29, 0.717) is 17.1 Å². The number of carbonyl (C=O) groups excluding carboxylic acids is 2. The summed E-state index contributed by atoms with van der Waals surface area (Å²) in [4.78, 5) is 53.0. The zero-order valence-electron chi connectivity index (χ0n) is 32.6. The fourth-order valence-electron chi connectivity index (χ4n) is 6.37. The van der Waals surface area contributed by atoms with Crippen LogP contribution in [0.25, 0.3) is 22.5 Å². The SMILES string of the molecule is CCCCCCCOc1ccc(-c2cnc(-c3ccc(C[C@H](CC(=O)c4ccc(C(C)(C)C)cc4)C(=O)N[C@@H](Cc4cn(C)cn4)C(=O)O)cc3)nc2)cc1. The summed E-state index contributed by atoms with van der Waals surface area (Å²) in [6.45, 7) is 9.25. The van der Waals surface area contributed by atoms with E-state index in [1.54, 1.807) is 48.7 Å². The molecule has 55 heavy (non-hydrogen) atoms. The number of amides is 1. The Morgan fingerprint density at radius 2 is 1.45 bits per heavy atom. The van der Waals surface area contributed by atoms with Crippen molar-refractivity contribution in [3.63, 3.8) is 0 Å². The van der Waals surface area contributed by atoms with Gasteiger partial charge in [-0.25, -0.2) is 19.7 Å². The zero-order valence-corrected chi connectivity index (χ0v) is 32.6. The third-order valence-electron chi connectivity index (χ3n) is 9.71. The number of aromatic nitrogens is 4. The summed E-state index contributed by atoms with van der Waals surface area (Å²) in [7, 11) is 1.79. The van der Waals surface area contributed by atoms with Crippen molar-refractivity contribution >= 4 is 17.7 Å². The largest absolute Gasteiger partial charge is 0.494 e. The van der Waals surface area contributed by atoms with Crippen LogP contribution in [0.15, 0.2) is 97.7 Å². The van der Waals surface area contributed by atoms with Crippen molar-refractivity contribution in [2.75, 3.05) is 6.61 Å². The molecule has 5 rings (SSSR count). The minimum atomic E-state index is -1.20. The number of ether oxygens (including phenoxy) is 1. The van der Waals surface area contributed by atoms with Gasteiger partial charge in [0, 0.05) is 61.1 Å². The standard InChI is InChI=1S/C45H53N5O5/c1-6-7-8-9-10-23-55-39-21-17-32(18-22-39)36-27-46-42(47-28-36)34-13-11-31(12-14-34)24-35(25-41(51)33-15-19-37(20-16-33)45(2,3)4)43(52)49-40(44(53)54)26-38-29-50(5)30-48-38/h11-22,27-30,35,40H,6-10,23-26H2,1-5H3,(H,49,52)(H,53,54)/t35-,40+/m1/s1. The number of unbranched alkanes of at least 4 members (excludes halogenated alkanes) is 4. The lowest BCUT2D eigenvalue weighted by molar-refractivity contribution is -0.142. The summed E-state index contributed by atoms with van der Waals surface area (Å²) in [6.07, 6.45) is 13.0. The van der Waals surface area contributed by atoms with Crippen LogP contribution < -0.4 is 10.1 Å². The number of carboxylic acids is 1. The minimum Gasteiger partial charge on any atom is -0.494 e. The summed E-state index contributed by atoms with van der Waals surface area (Å²) in [5, 5.41) is 12.7. The Morgan fingerprint density at radius 1 is 0.800 bits per heavy atom. The minimum absolute atomic E-state index is 0.0172. The summed E-state index contributed by atoms with van der Waals surface area (Å²) < 4.78 is 7.63. The van der Waals surface area contributed by atoms with Crippen LogP contribution in [0.2, 0.25) is 0 Å². The fraction of sp³-hybridized carbons (Fsp3) is 0.378. The van der Waals surface area contributed by atoms with Crippen molar-refractivity contribution in [3.8, 4) is 28.3 Å². The highest BCUT2D eigenvalue weighted by molar-refractivity contribution is 5.99. The number of hydrogen-bond donors (Lipinski definition) is 2. The van der Waals surface area contributed by atoms with Gasteiger partial charge in [-0.3, -0.25) is 9.59 Å². The molecule has 0 bridgehead atoms. The molecule has 288 valence electrons. The number of benzene rings is 3. The fourth-order valence-corrected chi connectivity index (χ4v) is 6.37. The van der Waals surface area contributed by atoms with Gasteiger partial charge in [0.1, 0.15) is 11.8 Å². The van der Waals surface area contributed by atoms with E-state index in [-0.39, 0.29) is 30.5 Å². The average molecular weight is 744 g/mol. The van der Waals surface area contributed by atoms with Crippen LogP contribution >= 0.6 is 0 Å². The van der Waals surface area contributed by atoms with E-state index in [2.05, 4.69) is 48.0 Å². The Hall–Kier alpha value is -5.64. The molecule has 0 radical (unpaired) electrons. The van der Waals surface area contributed by atoms with E-state index in [0.717, 1.165) is 46.6 Å². The molecule has 0 fully saturated rings. The lowest BCUT2D eigenvalue weighted by Gasteiger charge is -2.21. The Morgan fingerprint density at radius 3 is 2.05 bits per heavy atom. The second kappa shape index (κ2) is 19.1.